The predicted octanol–water partition coefficient (Wildman–Crippen LogP) is 0.973. The van der Waals surface area contributed by atoms with Crippen LogP contribution in [-0.4, -0.2) is 27.7 Å². The van der Waals surface area contributed by atoms with E-state index in [-0.39, 0.29) is 0 Å². The number of carboxylic acids is 1. The first-order chi connectivity index (χ1) is 6.72. The van der Waals surface area contributed by atoms with E-state index in [4.69, 9.17) is 9.84 Å². The average Bonchev–Trinajstić information content (AvgIpc) is 2.17. The van der Waals surface area contributed by atoms with Gasteiger partial charge in [0.05, 0.1) is 6.61 Å². The van der Waals surface area contributed by atoms with Crippen LogP contribution in [0.25, 0.3) is 6.08 Å². The van der Waals surface area contributed by atoms with Gasteiger partial charge in [0.1, 0.15) is 0 Å². The van der Waals surface area contributed by atoms with Crippen LogP contribution in [0.5, 0.6) is 6.01 Å². The van der Waals surface area contributed by atoms with Crippen molar-refractivity contribution in [3.63, 3.8) is 0 Å². The quantitative estimate of drug-likeness (QED) is 0.723. The Labute approximate surface area is 81.1 Å². The molecule has 0 radical (unpaired) electrons. The maximum absolute atomic E-state index is 10.2. The molecular formula is C9H10N2O3. The lowest BCUT2D eigenvalue weighted by Crippen LogP contribution is -1.96. The normalized spacial score (nSPS) is 10.4. The Bertz CT molecular complexity index is 332. The van der Waals surface area contributed by atoms with E-state index in [1.807, 2.05) is 6.92 Å². The van der Waals surface area contributed by atoms with Crippen LogP contribution in [-0.2, 0) is 4.79 Å². The standard InChI is InChI=1S/C9H10N2O3/c1-2-14-9-10-5-7(6-11-9)3-4-8(12)13/h3-6H,2H2,1H3,(H,12,13). The van der Waals surface area contributed by atoms with Gasteiger partial charge >= 0.3 is 12.0 Å². The van der Waals surface area contributed by atoms with Crippen molar-refractivity contribution in [3.8, 4) is 6.01 Å². The molecule has 0 aliphatic heterocycles. The van der Waals surface area contributed by atoms with Crippen molar-refractivity contribution in [3.05, 3.63) is 24.0 Å². The second-order valence-corrected chi connectivity index (χ2v) is 2.40. The highest BCUT2D eigenvalue weighted by atomic mass is 16.5. The van der Waals surface area contributed by atoms with E-state index < -0.39 is 5.97 Å². The number of nitrogens with zero attached hydrogens (tertiary/aromatic N) is 2. The van der Waals surface area contributed by atoms with E-state index in [1.54, 1.807) is 0 Å². The maximum Gasteiger partial charge on any atom is 0.328 e. The van der Waals surface area contributed by atoms with Gasteiger partial charge < -0.3 is 9.84 Å². The summed E-state index contributed by atoms with van der Waals surface area (Å²) in [6, 6.07) is 0.292. The van der Waals surface area contributed by atoms with Crippen molar-refractivity contribution in [2.75, 3.05) is 6.61 Å². The molecule has 0 saturated carbocycles. The Morgan fingerprint density at radius 2 is 2.21 bits per heavy atom. The molecule has 14 heavy (non-hydrogen) atoms. The van der Waals surface area contributed by atoms with Gasteiger partial charge in [0.15, 0.2) is 0 Å². The minimum atomic E-state index is -1.00. The highest BCUT2D eigenvalue weighted by Crippen LogP contribution is 2.03. The lowest BCUT2D eigenvalue weighted by molar-refractivity contribution is -0.131. The first kappa shape index (κ1) is 10.2. The molecule has 1 N–H and O–H groups in total. The summed E-state index contributed by atoms with van der Waals surface area (Å²) in [7, 11) is 0. The first-order valence-corrected chi connectivity index (χ1v) is 4.08. The van der Waals surface area contributed by atoms with Gasteiger partial charge in [-0.2, -0.15) is 0 Å². The number of ether oxygens (including phenoxy) is 1. The van der Waals surface area contributed by atoms with Crippen molar-refractivity contribution in [1.29, 1.82) is 0 Å². The van der Waals surface area contributed by atoms with Gasteiger partial charge in [-0.15, -0.1) is 0 Å². The van der Waals surface area contributed by atoms with Crippen LogP contribution in [0.15, 0.2) is 18.5 Å². The molecule has 0 bridgehead atoms. The predicted molar refractivity (Wildman–Crippen MR) is 49.9 cm³/mol. The molecule has 0 spiro atoms. The van der Waals surface area contributed by atoms with Crippen LogP contribution in [0, 0.1) is 0 Å². The number of hydrogen-bond acceptors (Lipinski definition) is 4. The van der Waals surface area contributed by atoms with Crippen LogP contribution < -0.4 is 4.74 Å². The van der Waals surface area contributed by atoms with E-state index in [0.717, 1.165) is 6.08 Å². The smallest absolute Gasteiger partial charge is 0.328 e. The van der Waals surface area contributed by atoms with E-state index >= 15 is 0 Å². The zero-order chi connectivity index (χ0) is 10.4. The molecule has 0 amide bonds. The summed E-state index contributed by atoms with van der Waals surface area (Å²) in [5, 5.41) is 8.36. The topological polar surface area (TPSA) is 72.3 Å². The summed E-state index contributed by atoms with van der Waals surface area (Å²) in [6.45, 7) is 2.34. The molecule has 0 atom stereocenters. The van der Waals surface area contributed by atoms with E-state index in [9.17, 15) is 4.79 Å². The Balaban J connectivity index is 2.68. The van der Waals surface area contributed by atoms with Gasteiger partial charge in [0, 0.05) is 24.0 Å². The van der Waals surface area contributed by atoms with E-state index in [2.05, 4.69) is 9.97 Å². The Morgan fingerprint density at radius 1 is 1.57 bits per heavy atom. The fourth-order valence-electron chi connectivity index (χ4n) is 0.783. The van der Waals surface area contributed by atoms with Crippen LogP contribution in [0.3, 0.4) is 0 Å². The summed E-state index contributed by atoms with van der Waals surface area (Å²) in [6.07, 6.45) is 5.44. The summed E-state index contributed by atoms with van der Waals surface area (Å²) in [5.74, 6) is -1.00. The summed E-state index contributed by atoms with van der Waals surface area (Å²) in [4.78, 5) is 17.9. The summed E-state index contributed by atoms with van der Waals surface area (Å²) >= 11 is 0. The third-order valence-corrected chi connectivity index (χ3v) is 1.34. The molecule has 1 rings (SSSR count). The zero-order valence-electron chi connectivity index (χ0n) is 7.67. The monoisotopic (exact) mass is 194 g/mol. The van der Waals surface area contributed by atoms with Crippen molar-refractivity contribution < 1.29 is 14.6 Å². The molecule has 1 aromatic rings. The largest absolute Gasteiger partial charge is 0.478 e. The third kappa shape index (κ3) is 3.22. The molecule has 0 saturated heterocycles. The molecule has 0 aromatic carbocycles. The summed E-state index contributed by atoms with van der Waals surface area (Å²) in [5.41, 5.74) is 0.621. The highest BCUT2D eigenvalue weighted by Gasteiger charge is 1.95. The lowest BCUT2D eigenvalue weighted by Gasteiger charge is -1.98. The van der Waals surface area contributed by atoms with Crippen molar-refractivity contribution >= 4 is 12.0 Å². The van der Waals surface area contributed by atoms with Gasteiger partial charge in [-0.1, -0.05) is 0 Å². The lowest BCUT2D eigenvalue weighted by atomic mass is 10.3. The first-order valence-electron chi connectivity index (χ1n) is 4.08. The van der Waals surface area contributed by atoms with Gasteiger partial charge in [-0.3, -0.25) is 0 Å². The third-order valence-electron chi connectivity index (χ3n) is 1.34. The van der Waals surface area contributed by atoms with E-state index in [0.29, 0.717) is 18.2 Å². The van der Waals surface area contributed by atoms with Crippen molar-refractivity contribution in [1.82, 2.24) is 9.97 Å². The Kier molecular flexibility index (Phi) is 3.60. The number of hydrogen-bond donors (Lipinski definition) is 1. The fraction of sp³-hybridized carbons (Fsp3) is 0.222. The van der Waals surface area contributed by atoms with Crippen LogP contribution in [0.1, 0.15) is 12.5 Å². The molecule has 74 valence electrons. The molecule has 0 fully saturated rings. The van der Waals surface area contributed by atoms with Crippen LogP contribution in [0.2, 0.25) is 0 Å². The van der Waals surface area contributed by atoms with E-state index in [1.165, 1.54) is 18.5 Å². The molecular weight excluding hydrogens is 184 g/mol. The highest BCUT2D eigenvalue weighted by molar-refractivity contribution is 5.85. The summed E-state index contributed by atoms with van der Waals surface area (Å²) < 4.78 is 5.02. The van der Waals surface area contributed by atoms with Gasteiger partial charge in [0.25, 0.3) is 0 Å². The van der Waals surface area contributed by atoms with Gasteiger partial charge in [0.2, 0.25) is 0 Å². The number of rotatable bonds is 4. The molecule has 0 aliphatic rings. The zero-order valence-corrected chi connectivity index (χ0v) is 7.67. The van der Waals surface area contributed by atoms with Gasteiger partial charge in [-0.05, 0) is 13.0 Å². The minimum Gasteiger partial charge on any atom is -0.478 e. The number of aliphatic carboxylic acids is 1. The van der Waals surface area contributed by atoms with Crippen molar-refractivity contribution in [2.24, 2.45) is 0 Å². The molecule has 5 heteroatoms. The van der Waals surface area contributed by atoms with Crippen LogP contribution in [0.4, 0.5) is 0 Å². The van der Waals surface area contributed by atoms with Crippen LogP contribution >= 0.6 is 0 Å². The molecule has 0 aliphatic carbocycles. The Morgan fingerprint density at radius 3 is 2.71 bits per heavy atom. The SMILES string of the molecule is CCOc1ncc(C=CC(=O)O)cn1. The molecule has 5 nitrogen and oxygen atoms in total. The molecule has 1 aromatic heterocycles. The van der Waals surface area contributed by atoms with Crippen molar-refractivity contribution in [2.45, 2.75) is 6.92 Å². The Hall–Kier alpha value is -1.91. The average molecular weight is 194 g/mol. The fourth-order valence-corrected chi connectivity index (χ4v) is 0.783. The second kappa shape index (κ2) is 4.96. The molecule has 1 heterocycles. The van der Waals surface area contributed by atoms with Gasteiger partial charge in [-0.25, -0.2) is 14.8 Å². The number of aromatic nitrogens is 2. The number of carbonyl (C=O) groups is 1. The number of carboxylic acid groups (broad SMARTS) is 1. The molecule has 0 unspecified atom stereocenters. The minimum absolute atomic E-state index is 0.292. The maximum atomic E-state index is 10.2. The second-order valence-electron chi connectivity index (χ2n) is 2.40.